The van der Waals surface area contributed by atoms with Crippen LogP contribution in [-0.2, 0) is 6.42 Å². The molecule has 1 aromatic carbocycles. The molecule has 0 heterocycles. The van der Waals surface area contributed by atoms with Crippen molar-refractivity contribution in [2.45, 2.75) is 38.6 Å². The Kier molecular flexibility index (Phi) is 3.79. The van der Waals surface area contributed by atoms with Crippen LogP contribution in [0.2, 0.25) is 0 Å². The van der Waals surface area contributed by atoms with Gasteiger partial charge in [-0.3, -0.25) is 0 Å². The molecule has 0 aromatic heterocycles. The third-order valence-electron chi connectivity index (χ3n) is 4.93. The molecule has 3 atom stereocenters. The van der Waals surface area contributed by atoms with E-state index >= 15 is 0 Å². The van der Waals surface area contributed by atoms with E-state index in [4.69, 9.17) is 4.74 Å². The third-order valence-corrected chi connectivity index (χ3v) is 4.93. The molecule has 0 spiro atoms. The van der Waals surface area contributed by atoms with Crippen LogP contribution < -0.4 is 10.1 Å². The fourth-order valence-electron chi connectivity index (χ4n) is 3.77. The quantitative estimate of drug-likeness (QED) is 0.846. The van der Waals surface area contributed by atoms with E-state index in [1.54, 1.807) is 7.11 Å². The number of nitrogens with one attached hydrogen (secondary N) is 1. The lowest BCUT2D eigenvalue weighted by Gasteiger charge is -2.26. The topological polar surface area (TPSA) is 21.3 Å². The van der Waals surface area contributed by atoms with Crippen molar-refractivity contribution in [3.05, 3.63) is 29.8 Å². The van der Waals surface area contributed by atoms with Crippen molar-refractivity contribution in [3.8, 4) is 5.75 Å². The summed E-state index contributed by atoms with van der Waals surface area (Å²) in [6.07, 6.45) is 5.58. The summed E-state index contributed by atoms with van der Waals surface area (Å²) in [5, 5.41) is 3.71. The smallest absolute Gasteiger partial charge is 0.118 e. The van der Waals surface area contributed by atoms with Gasteiger partial charge in [-0.1, -0.05) is 19.1 Å². The Morgan fingerprint density at radius 1 is 1.16 bits per heavy atom. The second-order valence-electron chi connectivity index (χ2n) is 6.20. The highest BCUT2D eigenvalue weighted by molar-refractivity contribution is 5.27. The van der Waals surface area contributed by atoms with Crippen LogP contribution in [-0.4, -0.2) is 19.7 Å². The fourth-order valence-corrected chi connectivity index (χ4v) is 3.77. The van der Waals surface area contributed by atoms with Crippen molar-refractivity contribution in [1.29, 1.82) is 0 Å². The number of ether oxygens (including phenoxy) is 1. The van der Waals surface area contributed by atoms with E-state index in [1.165, 1.54) is 24.8 Å². The van der Waals surface area contributed by atoms with Gasteiger partial charge < -0.3 is 10.1 Å². The molecule has 2 heteroatoms. The second kappa shape index (κ2) is 5.54. The molecule has 2 aliphatic carbocycles. The van der Waals surface area contributed by atoms with Crippen LogP contribution in [0.15, 0.2) is 24.3 Å². The minimum absolute atomic E-state index is 0.659. The predicted molar refractivity (Wildman–Crippen MR) is 78.5 cm³/mol. The Labute approximate surface area is 116 Å². The minimum Gasteiger partial charge on any atom is -0.497 e. The van der Waals surface area contributed by atoms with Gasteiger partial charge in [0.1, 0.15) is 5.75 Å². The van der Waals surface area contributed by atoms with E-state index in [1.807, 2.05) is 0 Å². The molecule has 2 nitrogen and oxygen atoms in total. The molecule has 104 valence electrons. The summed E-state index contributed by atoms with van der Waals surface area (Å²) in [6, 6.07) is 9.22. The van der Waals surface area contributed by atoms with E-state index in [9.17, 15) is 0 Å². The Bertz CT molecular complexity index is 404. The molecule has 1 aromatic rings. The summed E-state index contributed by atoms with van der Waals surface area (Å²) in [7, 11) is 1.72. The van der Waals surface area contributed by atoms with Gasteiger partial charge in [0.15, 0.2) is 0 Å². The van der Waals surface area contributed by atoms with Gasteiger partial charge in [-0.05, 0) is 67.7 Å². The van der Waals surface area contributed by atoms with Crippen molar-refractivity contribution in [3.63, 3.8) is 0 Å². The molecule has 0 saturated heterocycles. The zero-order valence-electron chi connectivity index (χ0n) is 12.1. The standard InChI is InChI=1S/C17H25NO/c1-3-18-17(15-10-13-9-14(13)11-15)8-12-4-6-16(19-2)7-5-12/h4-7,13-15,17-18H,3,8-11H2,1-2H3. The van der Waals surface area contributed by atoms with Crippen LogP contribution in [0, 0.1) is 17.8 Å². The van der Waals surface area contributed by atoms with E-state index in [-0.39, 0.29) is 0 Å². The number of fused-ring (bicyclic) bond motifs is 1. The average molecular weight is 259 g/mol. The lowest BCUT2D eigenvalue weighted by molar-refractivity contribution is 0.337. The van der Waals surface area contributed by atoms with Gasteiger partial charge in [-0.15, -0.1) is 0 Å². The molecule has 0 amide bonds. The van der Waals surface area contributed by atoms with Crippen LogP contribution >= 0.6 is 0 Å². The Morgan fingerprint density at radius 3 is 2.42 bits per heavy atom. The number of likely N-dealkylation sites (N-methyl/N-ethyl adjacent to an activating group) is 1. The summed E-state index contributed by atoms with van der Waals surface area (Å²) in [6.45, 7) is 3.29. The van der Waals surface area contributed by atoms with Crippen LogP contribution in [0.25, 0.3) is 0 Å². The van der Waals surface area contributed by atoms with E-state index in [0.717, 1.165) is 36.5 Å². The van der Waals surface area contributed by atoms with Gasteiger partial charge in [0.05, 0.1) is 7.11 Å². The Morgan fingerprint density at radius 2 is 1.84 bits per heavy atom. The maximum Gasteiger partial charge on any atom is 0.118 e. The summed E-state index contributed by atoms with van der Waals surface area (Å²) < 4.78 is 5.23. The van der Waals surface area contributed by atoms with Crippen molar-refractivity contribution in [2.75, 3.05) is 13.7 Å². The summed E-state index contributed by atoms with van der Waals surface area (Å²) in [5.41, 5.74) is 1.42. The van der Waals surface area contributed by atoms with Gasteiger partial charge in [0.25, 0.3) is 0 Å². The van der Waals surface area contributed by atoms with Crippen LogP contribution in [0.5, 0.6) is 5.75 Å². The van der Waals surface area contributed by atoms with Crippen LogP contribution in [0.1, 0.15) is 31.7 Å². The first kappa shape index (κ1) is 13.0. The first-order valence-corrected chi connectivity index (χ1v) is 7.66. The maximum atomic E-state index is 5.23. The van der Waals surface area contributed by atoms with E-state index in [0.29, 0.717) is 6.04 Å². The van der Waals surface area contributed by atoms with Crippen LogP contribution in [0.4, 0.5) is 0 Å². The number of hydrogen-bond acceptors (Lipinski definition) is 2. The minimum atomic E-state index is 0.659. The molecule has 0 bridgehead atoms. The first-order valence-electron chi connectivity index (χ1n) is 7.66. The molecular weight excluding hydrogens is 234 g/mol. The van der Waals surface area contributed by atoms with Crippen molar-refractivity contribution in [1.82, 2.24) is 5.32 Å². The normalized spacial score (nSPS) is 29.9. The molecule has 0 aliphatic heterocycles. The third kappa shape index (κ3) is 2.94. The number of benzene rings is 1. The molecule has 0 radical (unpaired) electrons. The molecule has 2 saturated carbocycles. The van der Waals surface area contributed by atoms with Gasteiger partial charge in [-0.25, -0.2) is 0 Å². The van der Waals surface area contributed by atoms with Gasteiger partial charge >= 0.3 is 0 Å². The number of rotatable bonds is 6. The highest BCUT2D eigenvalue weighted by Crippen LogP contribution is 2.55. The monoisotopic (exact) mass is 259 g/mol. The van der Waals surface area contributed by atoms with E-state index < -0.39 is 0 Å². The fraction of sp³-hybridized carbons (Fsp3) is 0.647. The number of methoxy groups -OCH3 is 1. The average Bonchev–Trinajstić information content (AvgIpc) is 3.05. The molecule has 1 N–H and O–H groups in total. The second-order valence-corrected chi connectivity index (χ2v) is 6.20. The molecule has 2 fully saturated rings. The number of hydrogen-bond donors (Lipinski definition) is 1. The summed E-state index contributed by atoms with van der Waals surface area (Å²) >= 11 is 0. The van der Waals surface area contributed by atoms with Crippen molar-refractivity contribution in [2.24, 2.45) is 17.8 Å². The van der Waals surface area contributed by atoms with Gasteiger partial charge in [-0.2, -0.15) is 0 Å². The highest BCUT2D eigenvalue weighted by atomic mass is 16.5. The van der Waals surface area contributed by atoms with Crippen molar-refractivity contribution < 1.29 is 4.74 Å². The zero-order valence-corrected chi connectivity index (χ0v) is 12.1. The zero-order chi connectivity index (χ0) is 13.2. The highest BCUT2D eigenvalue weighted by Gasteiger charge is 2.47. The maximum absolute atomic E-state index is 5.23. The first-order chi connectivity index (χ1) is 9.30. The molecule has 3 unspecified atom stereocenters. The van der Waals surface area contributed by atoms with Gasteiger partial charge in [0.2, 0.25) is 0 Å². The Hall–Kier alpha value is -1.02. The summed E-state index contributed by atoms with van der Waals surface area (Å²) in [4.78, 5) is 0. The van der Waals surface area contributed by atoms with Gasteiger partial charge in [0, 0.05) is 6.04 Å². The lowest BCUT2D eigenvalue weighted by Crippen LogP contribution is -2.37. The van der Waals surface area contributed by atoms with Crippen LogP contribution in [0.3, 0.4) is 0 Å². The SMILES string of the molecule is CCNC(Cc1ccc(OC)cc1)C1CC2CC2C1. The molecule has 19 heavy (non-hydrogen) atoms. The summed E-state index contributed by atoms with van der Waals surface area (Å²) in [5.74, 6) is 3.99. The molecule has 3 rings (SSSR count). The van der Waals surface area contributed by atoms with E-state index in [2.05, 4.69) is 36.5 Å². The largest absolute Gasteiger partial charge is 0.497 e. The predicted octanol–water partition coefficient (Wildman–Crippen LogP) is 3.26. The molecular formula is C17H25NO. The lowest BCUT2D eigenvalue weighted by atomic mass is 9.89. The Balaban J connectivity index is 1.62. The van der Waals surface area contributed by atoms with Crippen molar-refractivity contribution >= 4 is 0 Å². The molecule has 2 aliphatic rings.